The maximum atomic E-state index is 14.2. The number of anilines is 1. The minimum Gasteiger partial charge on any atom is -0.467 e. The molecular formula is C17H13Cl2F2N3O2. The van der Waals surface area contributed by atoms with Crippen molar-refractivity contribution in [2.45, 2.75) is 12.5 Å². The van der Waals surface area contributed by atoms with Gasteiger partial charge in [-0.3, -0.25) is 10.2 Å². The van der Waals surface area contributed by atoms with Crippen LogP contribution in [0.25, 0.3) is 0 Å². The molecule has 5 nitrogen and oxygen atoms in total. The van der Waals surface area contributed by atoms with E-state index in [-0.39, 0.29) is 16.6 Å². The number of hydrazine groups is 1. The summed E-state index contributed by atoms with van der Waals surface area (Å²) < 4.78 is 32.6. The van der Waals surface area contributed by atoms with Gasteiger partial charge in [0.05, 0.1) is 22.8 Å². The molecule has 0 fully saturated rings. The molecule has 136 valence electrons. The van der Waals surface area contributed by atoms with Crippen LogP contribution in [0.2, 0.25) is 10.0 Å². The average Bonchev–Trinajstić information content (AvgIpc) is 2.83. The van der Waals surface area contributed by atoms with Crippen molar-refractivity contribution in [2.24, 2.45) is 4.99 Å². The van der Waals surface area contributed by atoms with Crippen molar-refractivity contribution in [3.8, 4) is 0 Å². The van der Waals surface area contributed by atoms with E-state index in [2.05, 4.69) is 10.4 Å². The molecule has 1 amide bonds. The van der Waals surface area contributed by atoms with E-state index in [0.29, 0.717) is 16.8 Å². The van der Waals surface area contributed by atoms with E-state index < -0.39 is 23.1 Å². The molecule has 1 N–H and O–H groups in total. The lowest BCUT2D eigenvalue weighted by atomic mass is 9.92. The fourth-order valence-electron chi connectivity index (χ4n) is 2.58. The summed E-state index contributed by atoms with van der Waals surface area (Å²) in [6.45, 7) is 1.42. The van der Waals surface area contributed by atoms with Crippen LogP contribution in [-0.4, -0.2) is 24.0 Å². The van der Waals surface area contributed by atoms with E-state index >= 15 is 0 Å². The first-order valence-corrected chi connectivity index (χ1v) is 8.17. The van der Waals surface area contributed by atoms with Crippen molar-refractivity contribution in [1.82, 2.24) is 5.01 Å². The molecule has 0 saturated heterocycles. The third-order valence-corrected chi connectivity index (χ3v) is 4.67. The Morgan fingerprint density at radius 1 is 1.15 bits per heavy atom. The van der Waals surface area contributed by atoms with E-state index in [9.17, 15) is 13.6 Å². The topological polar surface area (TPSA) is 53.9 Å². The number of nitrogens with zero attached hydrogens (tertiary/aromatic N) is 2. The second kappa shape index (κ2) is 6.74. The van der Waals surface area contributed by atoms with Crippen molar-refractivity contribution in [1.29, 1.82) is 0 Å². The SMILES string of the molecule is COC1=NC(C)(c2ccc(F)cc2F)C(=O)N1Nc1ccc(Cl)c(Cl)c1. The number of benzene rings is 2. The van der Waals surface area contributed by atoms with Gasteiger partial charge in [0.2, 0.25) is 0 Å². The molecule has 3 rings (SSSR count). The normalized spacial score (nSPS) is 19.5. The highest BCUT2D eigenvalue weighted by Gasteiger charge is 2.49. The predicted octanol–water partition coefficient (Wildman–Crippen LogP) is 4.36. The minimum atomic E-state index is -1.62. The fraction of sp³-hybridized carbons (Fsp3) is 0.176. The first-order chi connectivity index (χ1) is 12.3. The van der Waals surface area contributed by atoms with Crippen LogP contribution >= 0.6 is 23.2 Å². The van der Waals surface area contributed by atoms with E-state index in [1.807, 2.05) is 0 Å². The van der Waals surface area contributed by atoms with Crippen molar-refractivity contribution in [3.63, 3.8) is 0 Å². The summed E-state index contributed by atoms with van der Waals surface area (Å²) in [5.74, 6) is -2.23. The summed E-state index contributed by atoms with van der Waals surface area (Å²) in [6, 6.07) is 7.53. The molecule has 0 aromatic heterocycles. The number of halogens is 4. The number of amidine groups is 1. The van der Waals surface area contributed by atoms with E-state index in [0.717, 1.165) is 11.1 Å². The summed E-state index contributed by atoms with van der Waals surface area (Å²) in [5.41, 5.74) is 1.56. The Morgan fingerprint density at radius 2 is 1.88 bits per heavy atom. The largest absolute Gasteiger partial charge is 0.467 e. The summed E-state index contributed by atoms with van der Waals surface area (Å²) in [4.78, 5) is 17.1. The lowest BCUT2D eigenvalue weighted by Gasteiger charge is -2.23. The molecule has 2 aromatic rings. The molecule has 0 aliphatic carbocycles. The summed E-state index contributed by atoms with van der Waals surface area (Å²) in [7, 11) is 1.32. The summed E-state index contributed by atoms with van der Waals surface area (Å²) in [6.07, 6.45) is 0. The maximum absolute atomic E-state index is 14.2. The third-order valence-electron chi connectivity index (χ3n) is 3.93. The number of nitrogens with one attached hydrogen (secondary N) is 1. The van der Waals surface area contributed by atoms with Gasteiger partial charge in [-0.25, -0.2) is 13.8 Å². The molecule has 0 spiro atoms. The molecule has 1 aliphatic rings. The first kappa shape index (κ1) is 18.4. The first-order valence-electron chi connectivity index (χ1n) is 7.42. The Balaban J connectivity index is 1.98. The van der Waals surface area contributed by atoms with Crippen LogP contribution in [0.3, 0.4) is 0 Å². The van der Waals surface area contributed by atoms with Crippen molar-refractivity contribution >= 4 is 40.8 Å². The van der Waals surface area contributed by atoms with E-state index in [1.54, 1.807) is 12.1 Å². The average molecular weight is 400 g/mol. The van der Waals surface area contributed by atoms with Crippen LogP contribution in [0.5, 0.6) is 0 Å². The van der Waals surface area contributed by atoms with Crippen molar-refractivity contribution in [3.05, 3.63) is 63.6 Å². The number of hydrogen-bond donors (Lipinski definition) is 1. The standard InChI is InChI=1S/C17H13Cl2F2N3O2/c1-17(11-5-3-9(20)7-14(11)21)15(25)24(16(22-17)26-2)23-10-4-6-12(18)13(19)8-10/h3-8,23H,1-2H3. The quantitative estimate of drug-likeness (QED) is 0.833. The van der Waals surface area contributed by atoms with Gasteiger partial charge in [-0.05, 0) is 31.2 Å². The van der Waals surface area contributed by atoms with Gasteiger partial charge in [-0.15, -0.1) is 0 Å². The van der Waals surface area contributed by atoms with Gasteiger partial charge in [0.25, 0.3) is 5.91 Å². The number of hydrogen-bond acceptors (Lipinski definition) is 4. The molecule has 0 radical (unpaired) electrons. The van der Waals surface area contributed by atoms with Gasteiger partial charge in [0.1, 0.15) is 11.6 Å². The zero-order chi connectivity index (χ0) is 19.1. The Morgan fingerprint density at radius 3 is 2.50 bits per heavy atom. The van der Waals surface area contributed by atoms with Gasteiger partial charge in [0, 0.05) is 11.6 Å². The zero-order valence-corrected chi connectivity index (χ0v) is 15.2. The second-order valence-corrected chi connectivity index (χ2v) is 6.49. The molecule has 0 saturated carbocycles. The predicted molar refractivity (Wildman–Crippen MR) is 95.1 cm³/mol. The smallest absolute Gasteiger partial charge is 0.315 e. The van der Waals surface area contributed by atoms with E-state index in [4.69, 9.17) is 27.9 Å². The van der Waals surface area contributed by atoms with Crippen LogP contribution in [0.1, 0.15) is 12.5 Å². The number of methoxy groups -OCH3 is 1. The van der Waals surface area contributed by atoms with Crippen LogP contribution in [0.15, 0.2) is 41.4 Å². The number of carbonyl (C=O) groups excluding carboxylic acids is 1. The summed E-state index contributed by atoms with van der Waals surface area (Å²) >= 11 is 11.8. The lowest BCUT2D eigenvalue weighted by Crippen LogP contribution is -2.43. The number of amides is 1. The van der Waals surface area contributed by atoms with Gasteiger partial charge < -0.3 is 4.74 Å². The molecule has 26 heavy (non-hydrogen) atoms. The zero-order valence-electron chi connectivity index (χ0n) is 13.7. The van der Waals surface area contributed by atoms with Crippen LogP contribution in [0.4, 0.5) is 14.5 Å². The molecular weight excluding hydrogens is 387 g/mol. The minimum absolute atomic E-state index is 0.0723. The number of rotatable bonds is 3. The summed E-state index contributed by atoms with van der Waals surface area (Å²) in [5, 5.41) is 1.66. The Bertz CT molecular complexity index is 923. The Hall–Kier alpha value is -2.38. The Labute approximate surface area is 158 Å². The Kier molecular flexibility index (Phi) is 4.77. The number of carbonyl (C=O) groups is 1. The molecule has 2 aromatic carbocycles. The van der Waals surface area contributed by atoms with Gasteiger partial charge >= 0.3 is 6.02 Å². The van der Waals surface area contributed by atoms with Crippen molar-refractivity contribution in [2.75, 3.05) is 12.5 Å². The maximum Gasteiger partial charge on any atom is 0.315 e. The highest BCUT2D eigenvalue weighted by atomic mass is 35.5. The van der Waals surface area contributed by atoms with Crippen molar-refractivity contribution < 1.29 is 18.3 Å². The highest BCUT2D eigenvalue weighted by Crippen LogP contribution is 2.36. The van der Waals surface area contributed by atoms with Gasteiger partial charge in [0.15, 0.2) is 5.54 Å². The monoisotopic (exact) mass is 399 g/mol. The third kappa shape index (κ3) is 3.08. The molecule has 1 heterocycles. The second-order valence-electron chi connectivity index (χ2n) is 5.68. The molecule has 1 unspecified atom stereocenters. The lowest BCUT2D eigenvalue weighted by molar-refractivity contribution is -0.130. The molecule has 9 heteroatoms. The van der Waals surface area contributed by atoms with Gasteiger partial charge in [-0.1, -0.05) is 29.3 Å². The number of aliphatic imine (C=N–C) groups is 1. The molecule has 1 aliphatic heterocycles. The molecule has 0 bridgehead atoms. The van der Waals surface area contributed by atoms with Crippen LogP contribution in [0, 0.1) is 11.6 Å². The highest BCUT2D eigenvalue weighted by molar-refractivity contribution is 6.42. The van der Waals surface area contributed by atoms with Gasteiger partial charge in [-0.2, -0.15) is 5.01 Å². The number of ether oxygens (including phenoxy) is 1. The van der Waals surface area contributed by atoms with Crippen LogP contribution < -0.4 is 5.43 Å². The van der Waals surface area contributed by atoms with E-state index in [1.165, 1.54) is 26.2 Å². The molecule has 1 atom stereocenters. The van der Waals surface area contributed by atoms with Crippen LogP contribution in [-0.2, 0) is 15.1 Å². The fourth-order valence-corrected chi connectivity index (χ4v) is 2.88.